The minimum absolute atomic E-state index is 0.165. The maximum Gasteiger partial charge on any atom is 0.433 e. The Hall–Kier alpha value is -2.91. The fraction of sp³-hybridized carbons (Fsp3) is 0.312. The molecule has 1 unspecified atom stereocenters. The lowest BCUT2D eigenvalue weighted by Crippen LogP contribution is -2.47. The fourth-order valence-electron chi connectivity index (χ4n) is 2.49. The predicted molar refractivity (Wildman–Crippen MR) is 81.8 cm³/mol. The maximum absolute atomic E-state index is 13.3. The van der Waals surface area contributed by atoms with E-state index in [1.54, 1.807) is 0 Å². The molecule has 1 aromatic carbocycles. The van der Waals surface area contributed by atoms with Crippen LogP contribution < -0.4 is 15.4 Å². The van der Waals surface area contributed by atoms with Gasteiger partial charge in [-0.25, -0.2) is 19.2 Å². The largest absolute Gasteiger partial charge is 0.491 e. The third-order valence-corrected chi connectivity index (χ3v) is 3.67. The number of urea groups is 1. The van der Waals surface area contributed by atoms with Gasteiger partial charge in [0.05, 0.1) is 12.6 Å². The number of halogens is 4. The SMILES string of the molecule is O=C(NCc1nccc(C(F)(F)F)n1)NC1COc2ccc(F)cc2C1. The van der Waals surface area contributed by atoms with Crippen LogP contribution in [0, 0.1) is 5.82 Å². The number of nitrogens with zero attached hydrogens (tertiary/aromatic N) is 2. The Morgan fingerprint density at radius 2 is 2.12 bits per heavy atom. The molecule has 0 saturated heterocycles. The molecular weight excluding hydrogens is 356 g/mol. The van der Waals surface area contributed by atoms with E-state index in [1.165, 1.54) is 18.2 Å². The summed E-state index contributed by atoms with van der Waals surface area (Å²) in [5.41, 5.74) is -0.452. The number of hydrogen-bond acceptors (Lipinski definition) is 4. The average molecular weight is 370 g/mol. The van der Waals surface area contributed by atoms with Crippen LogP contribution in [0.2, 0.25) is 0 Å². The third kappa shape index (κ3) is 4.38. The van der Waals surface area contributed by atoms with Gasteiger partial charge >= 0.3 is 12.2 Å². The first kappa shape index (κ1) is 17.9. The van der Waals surface area contributed by atoms with Crippen molar-refractivity contribution in [2.75, 3.05) is 6.61 Å². The summed E-state index contributed by atoms with van der Waals surface area (Å²) in [6.07, 6.45) is -3.23. The minimum Gasteiger partial charge on any atom is -0.491 e. The summed E-state index contributed by atoms with van der Waals surface area (Å²) in [4.78, 5) is 19.0. The van der Waals surface area contributed by atoms with Crippen molar-refractivity contribution in [3.05, 3.63) is 53.4 Å². The van der Waals surface area contributed by atoms with Gasteiger partial charge in [0.25, 0.3) is 0 Å². The molecule has 26 heavy (non-hydrogen) atoms. The lowest BCUT2D eigenvalue weighted by molar-refractivity contribution is -0.141. The molecule has 10 heteroatoms. The summed E-state index contributed by atoms with van der Waals surface area (Å²) in [5.74, 6) is -0.0105. The molecule has 1 aromatic heterocycles. The maximum atomic E-state index is 13.3. The molecule has 2 heterocycles. The second-order valence-corrected chi connectivity index (χ2v) is 5.65. The van der Waals surface area contributed by atoms with Gasteiger partial charge in [-0.05, 0) is 36.2 Å². The molecule has 6 nitrogen and oxygen atoms in total. The molecule has 3 rings (SSSR count). The normalized spacial score (nSPS) is 16.4. The standard InChI is InChI=1S/C16H14F4N4O2/c17-10-1-2-12-9(5-10)6-11(8-26-12)23-15(25)22-7-14-21-4-3-13(24-14)16(18,19)20/h1-5,11H,6-8H2,(H2,22,23,25). The first-order valence-electron chi connectivity index (χ1n) is 7.66. The zero-order chi connectivity index (χ0) is 18.7. The number of benzene rings is 1. The Labute approximate surface area is 145 Å². The Bertz CT molecular complexity index is 813. The van der Waals surface area contributed by atoms with Crippen LogP contribution in [0.1, 0.15) is 17.1 Å². The van der Waals surface area contributed by atoms with Crippen LogP contribution in [0.4, 0.5) is 22.4 Å². The molecule has 1 aliphatic heterocycles. The Morgan fingerprint density at radius 1 is 1.31 bits per heavy atom. The van der Waals surface area contributed by atoms with Crippen molar-refractivity contribution in [3.8, 4) is 5.75 Å². The van der Waals surface area contributed by atoms with Gasteiger partial charge in [0.15, 0.2) is 0 Å². The number of hydrogen-bond donors (Lipinski definition) is 2. The number of fused-ring (bicyclic) bond motifs is 1. The lowest BCUT2D eigenvalue weighted by Gasteiger charge is -2.26. The van der Waals surface area contributed by atoms with Crippen molar-refractivity contribution in [1.82, 2.24) is 20.6 Å². The number of ether oxygens (including phenoxy) is 1. The summed E-state index contributed by atoms with van der Waals surface area (Å²) in [7, 11) is 0. The second-order valence-electron chi connectivity index (χ2n) is 5.65. The van der Waals surface area contributed by atoms with Gasteiger partial charge in [0.2, 0.25) is 0 Å². The number of carbonyl (C=O) groups excluding carboxylic acids is 1. The van der Waals surface area contributed by atoms with Crippen molar-refractivity contribution in [2.24, 2.45) is 0 Å². The summed E-state index contributed by atoms with van der Waals surface area (Å²) >= 11 is 0. The fourth-order valence-corrected chi connectivity index (χ4v) is 2.49. The summed E-state index contributed by atoms with van der Waals surface area (Å²) in [5, 5.41) is 5.01. The molecule has 0 spiro atoms. The van der Waals surface area contributed by atoms with E-state index in [1.807, 2.05) is 0 Å². The number of amides is 2. The lowest BCUT2D eigenvalue weighted by atomic mass is 10.0. The van der Waals surface area contributed by atoms with E-state index in [4.69, 9.17) is 4.74 Å². The van der Waals surface area contributed by atoms with Gasteiger partial charge < -0.3 is 15.4 Å². The van der Waals surface area contributed by atoms with E-state index in [0.717, 1.165) is 12.3 Å². The first-order chi connectivity index (χ1) is 12.3. The topological polar surface area (TPSA) is 76.1 Å². The average Bonchev–Trinajstić information content (AvgIpc) is 2.59. The van der Waals surface area contributed by atoms with Crippen molar-refractivity contribution in [2.45, 2.75) is 25.2 Å². The van der Waals surface area contributed by atoms with Crippen LogP contribution >= 0.6 is 0 Å². The molecule has 0 aliphatic carbocycles. The molecule has 1 aliphatic rings. The van der Waals surface area contributed by atoms with Gasteiger partial charge in [-0.3, -0.25) is 0 Å². The Kier molecular flexibility index (Phi) is 4.92. The Balaban J connectivity index is 1.54. The molecule has 0 radical (unpaired) electrons. The van der Waals surface area contributed by atoms with Crippen molar-refractivity contribution in [1.29, 1.82) is 0 Å². The quantitative estimate of drug-likeness (QED) is 0.814. The first-order valence-corrected chi connectivity index (χ1v) is 7.66. The third-order valence-electron chi connectivity index (χ3n) is 3.67. The molecule has 2 amide bonds. The van der Waals surface area contributed by atoms with Gasteiger partial charge in [-0.15, -0.1) is 0 Å². The van der Waals surface area contributed by atoms with Crippen LogP contribution in [-0.2, 0) is 19.1 Å². The highest BCUT2D eigenvalue weighted by molar-refractivity contribution is 5.74. The summed E-state index contributed by atoms with van der Waals surface area (Å²) < 4.78 is 56.5. The number of alkyl halides is 3. The van der Waals surface area contributed by atoms with Crippen molar-refractivity contribution >= 4 is 6.03 Å². The van der Waals surface area contributed by atoms with Gasteiger partial charge in [-0.2, -0.15) is 13.2 Å². The predicted octanol–water partition coefficient (Wildman–Crippen LogP) is 2.44. The van der Waals surface area contributed by atoms with E-state index in [-0.39, 0.29) is 19.0 Å². The smallest absolute Gasteiger partial charge is 0.433 e. The second kappa shape index (κ2) is 7.14. The van der Waals surface area contributed by atoms with E-state index < -0.39 is 29.8 Å². The zero-order valence-corrected chi connectivity index (χ0v) is 13.3. The van der Waals surface area contributed by atoms with E-state index in [9.17, 15) is 22.4 Å². The van der Waals surface area contributed by atoms with Crippen molar-refractivity contribution < 1.29 is 27.1 Å². The highest BCUT2D eigenvalue weighted by atomic mass is 19.4. The number of rotatable bonds is 3. The van der Waals surface area contributed by atoms with Gasteiger partial charge in [-0.1, -0.05) is 0 Å². The number of nitrogens with one attached hydrogen (secondary N) is 2. The molecule has 138 valence electrons. The molecule has 2 aromatic rings. The van der Waals surface area contributed by atoms with Crippen LogP contribution in [0.3, 0.4) is 0 Å². The van der Waals surface area contributed by atoms with Gasteiger partial charge in [0, 0.05) is 6.20 Å². The van der Waals surface area contributed by atoms with E-state index in [2.05, 4.69) is 20.6 Å². The monoisotopic (exact) mass is 370 g/mol. The Morgan fingerprint density at radius 3 is 2.88 bits per heavy atom. The summed E-state index contributed by atoms with van der Waals surface area (Å²) in [6, 6.07) is 3.88. The highest BCUT2D eigenvalue weighted by Gasteiger charge is 2.32. The summed E-state index contributed by atoms with van der Waals surface area (Å²) in [6.45, 7) is -0.0688. The van der Waals surface area contributed by atoms with Crippen LogP contribution in [-0.4, -0.2) is 28.6 Å². The van der Waals surface area contributed by atoms with Crippen molar-refractivity contribution in [3.63, 3.8) is 0 Å². The zero-order valence-electron chi connectivity index (χ0n) is 13.3. The highest BCUT2D eigenvalue weighted by Crippen LogP contribution is 2.27. The molecule has 1 atom stereocenters. The van der Waals surface area contributed by atoms with Gasteiger partial charge in [0.1, 0.15) is 29.7 Å². The van der Waals surface area contributed by atoms with Crippen LogP contribution in [0.5, 0.6) is 5.75 Å². The number of carbonyl (C=O) groups is 1. The van der Waals surface area contributed by atoms with Crippen LogP contribution in [0.25, 0.3) is 0 Å². The molecule has 2 N–H and O–H groups in total. The minimum atomic E-state index is -4.58. The molecule has 0 fully saturated rings. The molecular formula is C16H14F4N4O2. The number of aromatic nitrogens is 2. The molecule has 0 saturated carbocycles. The van der Waals surface area contributed by atoms with E-state index in [0.29, 0.717) is 17.7 Å². The molecule has 0 bridgehead atoms. The van der Waals surface area contributed by atoms with E-state index >= 15 is 0 Å². The van der Waals surface area contributed by atoms with Crippen LogP contribution in [0.15, 0.2) is 30.5 Å².